The molecule has 1 atom stereocenters. The van der Waals surface area contributed by atoms with Crippen LogP contribution >= 0.6 is 0 Å². The second-order valence-corrected chi connectivity index (χ2v) is 4.76. The smallest absolute Gasteiger partial charge is 0.304 e. The summed E-state index contributed by atoms with van der Waals surface area (Å²) in [5.41, 5.74) is 1.10. The maximum atomic E-state index is 10.7. The van der Waals surface area contributed by atoms with Crippen molar-refractivity contribution in [1.29, 1.82) is 0 Å². The van der Waals surface area contributed by atoms with Crippen molar-refractivity contribution in [2.45, 2.75) is 32.2 Å². The Morgan fingerprint density at radius 1 is 1.05 bits per heavy atom. The molecular weight excluding hydrogens is 258 g/mol. The summed E-state index contributed by atoms with van der Waals surface area (Å²) < 4.78 is 0. The van der Waals surface area contributed by atoms with E-state index in [1.807, 2.05) is 42.2 Å². The Hall–Kier alpha value is -1.88. The van der Waals surface area contributed by atoms with Gasteiger partial charge in [0.2, 0.25) is 0 Å². The average Bonchev–Trinajstić information content (AvgIpc) is 2.42. The van der Waals surface area contributed by atoms with E-state index in [0.717, 1.165) is 5.56 Å². The summed E-state index contributed by atoms with van der Waals surface area (Å²) >= 11 is 0. The SMILES string of the molecule is CC(c1ccccc1)N(CCCC(=O)O)CCC(=O)O. The largest absolute Gasteiger partial charge is 0.481 e. The highest BCUT2D eigenvalue weighted by molar-refractivity contribution is 5.67. The maximum Gasteiger partial charge on any atom is 0.304 e. The van der Waals surface area contributed by atoms with E-state index in [2.05, 4.69) is 0 Å². The third-order valence-electron chi connectivity index (χ3n) is 3.28. The molecule has 0 bridgehead atoms. The lowest BCUT2D eigenvalue weighted by Crippen LogP contribution is -2.30. The second kappa shape index (κ2) is 8.32. The van der Waals surface area contributed by atoms with E-state index in [4.69, 9.17) is 10.2 Å². The van der Waals surface area contributed by atoms with Gasteiger partial charge in [-0.05, 0) is 25.5 Å². The summed E-state index contributed by atoms with van der Waals surface area (Å²) in [6, 6.07) is 9.88. The lowest BCUT2D eigenvalue weighted by Gasteiger charge is -2.28. The molecule has 20 heavy (non-hydrogen) atoms. The molecule has 0 saturated carbocycles. The molecule has 0 aliphatic heterocycles. The average molecular weight is 279 g/mol. The molecule has 1 unspecified atom stereocenters. The summed E-state index contributed by atoms with van der Waals surface area (Å²) in [6.45, 7) is 3.01. The number of nitrogens with zero attached hydrogens (tertiary/aromatic N) is 1. The van der Waals surface area contributed by atoms with Crippen LogP contribution in [0.4, 0.5) is 0 Å². The van der Waals surface area contributed by atoms with Crippen LogP contribution in [0.15, 0.2) is 30.3 Å². The zero-order valence-electron chi connectivity index (χ0n) is 11.7. The summed E-state index contributed by atoms with van der Waals surface area (Å²) in [4.78, 5) is 23.3. The topological polar surface area (TPSA) is 77.8 Å². The van der Waals surface area contributed by atoms with Gasteiger partial charge in [0.1, 0.15) is 0 Å². The Kier molecular flexibility index (Phi) is 6.73. The Morgan fingerprint density at radius 2 is 1.65 bits per heavy atom. The zero-order chi connectivity index (χ0) is 15.0. The normalized spacial score (nSPS) is 12.3. The molecule has 110 valence electrons. The van der Waals surface area contributed by atoms with E-state index in [-0.39, 0.29) is 18.9 Å². The molecule has 5 nitrogen and oxygen atoms in total. The number of carboxylic acid groups (broad SMARTS) is 2. The Morgan fingerprint density at radius 3 is 2.20 bits per heavy atom. The number of carbonyl (C=O) groups is 2. The molecule has 1 aromatic carbocycles. The predicted molar refractivity (Wildman–Crippen MR) is 75.6 cm³/mol. The van der Waals surface area contributed by atoms with Crippen molar-refractivity contribution in [3.05, 3.63) is 35.9 Å². The number of benzene rings is 1. The summed E-state index contributed by atoms with van der Waals surface area (Å²) in [5.74, 6) is -1.66. The third-order valence-corrected chi connectivity index (χ3v) is 3.28. The molecule has 0 fully saturated rings. The van der Waals surface area contributed by atoms with Crippen LogP contribution < -0.4 is 0 Å². The van der Waals surface area contributed by atoms with Gasteiger partial charge in [-0.3, -0.25) is 14.5 Å². The van der Waals surface area contributed by atoms with Crippen molar-refractivity contribution >= 4 is 11.9 Å². The number of hydrogen-bond acceptors (Lipinski definition) is 3. The van der Waals surface area contributed by atoms with Crippen LogP contribution in [0.2, 0.25) is 0 Å². The van der Waals surface area contributed by atoms with Crippen LogP contribution in [0, 0.1) is 0 Å². The molecule has 1 rings (SSSR count). The second-order valence-electron chi connectivity index (χ2n) is 4.76. The minimum Gasteiger partial charge on any atom is -0.481 e. The number of hydrogen-bond donors (Lipinski definition) is 2. The fourth-order valence-electron chi connectivity index (χ4n) is 2.11. The van der Waals surface area contributed by atoms with Gasteiger partial charge in [0, 0.05) is 19.0 Å². The molecule has 1 aromatic rings. The van der Waals surface area contributed by atoms with Gasteiger partial charge in [0.25, 0.3) is 0 Å². The van der Waals surface area contributed by atoms with Gasteiger partial charge in [0.15, 0.2) is 0 Å². The molecule has 0 amide bonds. The third kappa shape index (κ3) is 5.84. The first kappa shape index (κ1) is 16.2. The molecule has 0 radical (unpaired) electrons. The molecular formula is C15H21NO4. The number of rotatable bonds is 9. The molecule has 5 heteroatoms. The molecule has 0 spiro atoms. The monoisotopic (exact) mass is 279 g/mol. The lowest BCUT2D eigenvalue weighted by atomic mass is 10.1. The molecule has 0 aromatic heterocycles. The quantitative estimate of drug-likeness (QED) is 0.725. The highest BCUT2D eigenvalue weighted by atomic mass is 16.4. The minimum atomic E-state index is -0.839. The van der Waals surface area contributed by atoms with Crippen LogP contribution in [0.5, 0.6) is 0 Å². The van der Waals surface area contributed by atoms with Crippen molar-refractivity contribution < 1.29 is 19.8 Å². The molecule has 0 aliphatic carbocycles. The molecule has 2 N–H and O–H groups in total. The predicted octanol–water partition coefficient (Wildman–Crippen LogP) is 2.39. The first-order valence-electron chi connectivity index (χ1n) is 6.73. The van der Waals surface area contributed by atoms with E-state index in [9.17, 15) is 9.59 Å². The minimum absolute atomic E-state index is 0.0598. The van der Waals surface area contributed by atoms with Crippen LogP contribution in [0.25, 0.3) is 0 Å². The van der Waals surface area contributed by atoms with Crippen molar-refractivity contribution in [2.75, 3.05) is 13.1 Å². The van der Waals surface area contributed by atoms with Gasteiger partial charge in [-0.2, -0.15) is 0 Å². The van der Waals surface area contributed by atoms with Gasteiger partial charge >= 0.3 is 11.9 Å². The lowest BCUT2D eigenvalue weighted by molar-refractivity contribution is -0.138. The van der Waals surface area contributed by atoms with E-state index in [1.165, 1.54) is 0 Å². The van der Waals surface area contributed by atoms with Gasteiger partial charge in [-0.25, -0.2) is 0 Å². The van der Waals surface area contributed by atoms with Crippen molar-refractivity contribution in [3.8, 4) is 0 Å². The highest BCUT2D eigenvalue weighted by Crippen LogP contribution is 2.20. The summed E-state index contributed by atoms with van der Waals surface area (Å²) in [7, 11) is 0. The maximum absolute atomic E-state index is 10.7. The van der Waals surface area contributed by atoms with Crippen molar-refractivity contribution in [3.63, 3.8) is 0 Å². The van der Waals surface area contributed by atoms with E-state index < -0.39 is 11.9 Å². The Bertz CT molecular complexity index is 433. The van der Waals surface area contributed by atoms with Crippen LogP contribution in [0.1, 0.15) is 37.8 Å². The Labute approximate surface area is 118 Å². The van der Waals surface area contributed by atoms with Gasteiger partial charge in [-0.15, -0.1) is 0 Å². The highest BCUT2D eigenvalue weighted by Gasteiger charge is 2.16. The number of carboxylic acids is 2. The zero-order valence-corrected chi connectivity index (χ0v) is 11.7. The standard InChI is InChI=1S/C15H21NO4/c1-12(13-6-3-2-4-7-13)16(11-9-15(19)20)10-5-8-14(17)18/h2-4,6-7,12H,5,8-11H2,1H3,(H,17,18)(H,19,20). The van der Waals surface area contributed by atoms with Crippen LogP contribution in [-0.4, -0.2) is 40.1 Å². The van der Waals surface area contributed by atoms with Crippen molar-refractivity contribution in [2.24, 2.45) is 0 Å². The van der Waals surface area contributed by atoms with Crippen LogP contribution in [0.3, 0.4) is 0 Å². The Balaban J connectivity index is 2.64. The fourth-order valence-corrected chi connectivity index (χ4v) is 2.11. The van der Waals surface area contributed by atoms with Gasteiger partial charge < -0.3 is 10.2 Å². The summed E-state index contributed by atoms with van der Waals surface area (Å²) in [5, 5.41) is 17.5. The first-order chi connectivity index (χ1) is 9.50. The molecule has 0 saturated heterocycles. The van der Waals surface area contributed by atoms with E-state index >= 15 is 0 Å². The molecule has 0 heterocycles. The van der Waals surface area contributed by atoms with E-state index in [1.54, 1.807) is 0 Å². The summed E-state index contributed by atoms with van der Waals surface area (Å²) in [6.07, 6.45) is 0.682. The van der Waals surface area contributed by atoms with Gasteiger partial charge in [0.05, 0.1) is 6.42 Å². The van der Waals surface area contributed by atoms with Crippen LogP contribution in [-0.2, 0) is 9.59 Å². The van der Waals surface area contributed by atoms with E-state index in [0.29, 0.717) is 19.5 Å². The van der Waals surface area contributed by atoms with Crippen molar-refractivity contribution in [1.82, 2.24) is 4.90 Å². The number of aliphatic carboxylic acids is 2. The molecule has 0 aliphatic rings. The van der Waals surface area contributed by atoms with Gasteiger partial charge in [-0.1, -0.05) is 30.3 Å². The first-order valence-corrected chi connectivity index (χ1v) is 6.73. The fraction of sp³-hybridized carbons (Fsp3) is 0.467.